The molecule has 0 radical (unpaired) electrons. The Labute approximate surface area is 235 Å². The number of nitrogens with zero attached hydrogens (tertiary/aromatic N) is 3. The third kappa shape index (κ3) is 7.32. The second-order valence-corrected chi connectivity index (χ2v) is 12.7. The van der Waals surface area contributed by atoms with Crippen LogP contribution in [0.5, 0.6) is 11.6 Å². The molecule has 3 rings (SSSR count). The first-order valence-corrected chi connectivity index (χ1v) is 15.1. The summed E-state index contributed by atoms with van der Waals surface area (Å²) < 4.78 is 114. The van der Waals surface area contributed by atoms with Crippen molar-refractivity contribution in [1.29, 1.82) is 0 Å². The molecule has 19 heteroatoms. The van der Waals surface area contributed by atoms with Crippen LogP contribution in [0.4, 0.5) is 29.3 Å². The van der Waals surface area contributed by atoms with Gasteiger partial charge in [0, 0.05) is 25.5 Å². The number of benzene rings is 1. The van der Waals surface area contributed by atoms with Crippen LogP contribution in [0.1, 0.15) is 27.7 Å². The summed E-state index contributed by atoms with van der Waals surface area (Å²) in [6.45, 7) is 4.47. The Bertz CT molecular complexity index is 1480. The van der Waals surface area contributed by atoms with E-state index in [0.717, 1.165) is 4.31 Å². The zero-order valence-corrected chi connectivity index (χ0v) is 24.4. The van der Waals surface area contributed by atoms with Crippen molar-refractivity contribution < 1.29 is 49.0 Å². The predicted molar refractivity (Wildman–Crippen MR) is 141 cm³/mol. The molecule has 2 aromatic rings. The van der Waals surface area contributed by atoms with Crippen LogP contribution in [0, 0.1) is 0 Å². The number of amides is 1. The van der Waals surface area contributed by atoms with Gasteiger partial charge in [0.2, 0.25) is 5.60 Å². The van der Waals surface area contributed by atoms with Crippen molar-refractivity contribution in [2.75, 3.05) is 36.4 Å². The van der Waals surface area contributed by atoms with Gasteiger partial charge in [0.1, 0.15) is 11.9 Å². The number of carbonyl (C=O) groups is 1. The van der Waals surface area contributed by atoms with Gasteiger partial charge in [-0.25, -0.2) is 17.9 Å². The molecule has 1 atom stereocenters. The summed E-state index contributed by atoms with van der Waals surface area (Å²) in [6, 6.07) is 3.71. The van der Waals surface area contributed by atoms with Crippen LogP contribution >= 0.6 is 0 Å². The monoisotopic (exact) mass is 628 g/mol. The number of fused-ring (bicyclic) bond motifs is 1. The van der Waals surface area contributed by atoms with Crippen molar-refractivity contribution in [3.8, 4) is 11.6 Å². The van der Waals surface area contributed by atoms with Crippen molar-refractivity contribution in [3.05, 3.63) is 24.4 Å². The Morgan fingerprint density at radius 2 is 1.88 bits per heavy atom. The molecule has 1 amide bonds. The van der Waals surface area contributed by atoms with Crippen LogP contribution in [0.25, 0.3) is 0 Å². The molecule has 14 nitrogen and oxygen atoms in total. The molecule has 0 bridgehead atoms. The molecule has 0 saturated heterocycles. The number of ether oxygens (including phenoxy) is 3. The molecule has 1 aliphatic rings. The number of aryl methyl sites for hydroxylation is 1. The zero-order valence-electron chi connectivity index (χ0n) is 22.8. The highest BCUT2D eigenvalue weighted by Crippen LogP contribution is 2.40. The third-order valence-electron chi connectivity index (χ3n) is 5.81. The van der Waals surface area contributed by atoms with E-state index >= 15 is 0 Å². The molecule has 41 heavy (non-hydrogen) atoms. The molecule has 0 fully saturated rings. The number of rotatable bonds is 11. The fraction of sp³-hybridized carbons (Fsp3) is 0.545. The van der Waals surface area contributed by atoms with Gasteiger partial charge in [-0.15, -0.1) is 5.10 Å². The van der Waals surface area contributed by atoms with Crippen molar-refractivity contribution >= 4 is 37.7 Å². The quantitative estimate of drug-likeness (QED) is 0.338. The minimum atomic E-state index is -4.84. The maximum atomic E-state index is 14.0. The van der Waals surface area contributed by atoms with Gasteiger partial charge >= 0.3 is 12.3 Å². The van der Waals surface area contributed by atoms with Gasteiger partial charge in [0.05, 0.1) is 25.4 Å². The number of carbonyl (C=O) groups excluding carboxylic acids is 1. The fourth-order valence-corrected chi connectivity index (χ4v) is 5.64. The van der Waals surface area contributed by atoms with E-state index in [1.807, 2.05) is 0 Å². The van der Waals surface area contributed by atoms with E-state index in [1.165, 1.54) is 36.1 Å². The standard InChI is InChI=1S/C22H31F3N6O8S2/c1-6-30-13-18(19(29-30)37-7-2)40(33,34)31-12-15(11-27-41(35,36)26-5)38-17-9-8-14(10-16(17)31)28-20(32)39-21(3,4)22(23,24)25/h8-10,13,15,26-27H,6-7,11-12H2,1-5H3,(H,28,32)/t15-/m0/s1. The van der Waals surface area contributed by atoms with Crippen LogP contribution in [-0.2, 0) is 31.5 Å². The molecule has 0 aliphatic carbocycles. The van der Waals surface area contributed by atoms with Gasteiger partial charge in [0.15, 0.2) is 4.90 Å². The maximum absolute atomic E-state index is 14.0. The van der Waals surface area contributed by atoms with Crippen molar-refractivity contribution in [2.45, 2.75) is 57.0 Å². The predicted octanol–water partition coefficient (Wildman–Crippen LogP) is 2.20. The average molecular weight is 629 g/mol. The Morgan fingerprint density at radius 3 is 2.46 bits per heavy atom. The minimum Gasteiger partial charge on any atom is -0.485 e. The minimum absolute atomic E-state index is 0.0103. The summed E-state index contributed by atoms with van der Waals surface area (Å²) in [4.78, 5) is 12.0. The highest BCUT2D eigenvalue weighted by molar-refractivity contribution is 7.93. The van der Waals surface area contributed by atoms with E-state index < -0.39 is 44.2 Å². The van der Waals surface area contributed by atoms with Gasteiger partial charge in [-0.3, -0.25) is 14.3 Å². The molecule has 1 aromatic carbocycles. The van der Waals surface area contributed by atoms with Crippen molar-refractivity contribution in [2.24, 2.45) is 0 Å². The van der Waals surface area contributed by atoms with Gasteiger partial charge in [-0.05, 0) is 45.9 Å². The second-order valence-electron chi connectivity index (χ2n) is 9.12. The Kier molecular flexibility index (Phi) is 9.36. The molecule has 230 valence electrons. The number of halogens is 3. The molecule has 2 heterocycles. The lowest BCUT2D eigenvalue weighted by molar-refractivity contribution is -0.242. The van der Waals surface area contributed by atoms with E-state index in [9.17, 15) is 34.8 Å². The zero-order chi connectivity index (χ0) is 30.8. The van der Waals surface area contributed by atoms with Crippen molar-refractivity contribution in [1.82, 2.24) is 19.2 Å². The summed E-state index contributed by atoms with van der Waals surface area (Å²) in [6.07, 6.45) is -6.01. The molecule has 0 unspecified atom stereocenters. The summed E-state index contributed by atoms with van der Waals surface area (Å²) in [5, 5.41) is 6.30. The van der Waals surface area contributed by atoms with E-state index in [-0.39, 0.29) is 47.6 Å². The van der Waals surface area contributed by atoms with Gasteiger partial charge < -0.3 is 14.2 Å². The molecule has 1 aliphatic heterocycles. The maximum Gasteiger partial charge on any atom is 0.427 e. The van der Waals surface area contributed by atoms with Gasteiger partial charge in [0.25, 0.3) is 26.1 Å². The molecule has 0 saturated carbocycles. The van der Waals surface area contributed by atoms with E-state index in [4.69, 9.17) is 9.47 Å². The van der Waals surface area contributed by atoms with Crippen LogP contribution in [0.15, 0.2) is 29.3 Å². The lowest BCUT2D eigenvalue weighted by atomic mass is 10.1. The topological polar surface area (TPSA) is 170 Å². The number of hydrogen-bond acceptors (Lipinski definition) is 9. The highest BCUT2D eigenvalue weighted by atomic mass is 32.2. The van der Waals surface area contributed by atoms with Crippen LogP contribution in [0.3, 0.4) is 0 Å². The number of aromatic nitrogens is 2. The summed E-state index contributed by atoms with van der Waals surface area (Å²) in [7, 11) is -7.14. The average Bonchev–Trinajstić information content (AvgIpc) is 3.30. The van der Waals surface area contributed by atoms with Crippen LogP contribution < -0.4 is 28.5 Å². The summed E-state index contributed by atoms with van der Waals surface area (Å²) >= 11 is 0. The first-order chi connectivity index (χ1) is 18.9. The molecule has 1 aromatic heterocycles. The number of hydrogen-bond donors (Lipinski definition) is 3. The lowest BCUT2D eigenvalue weighted by Crippen LogP contribution is -2.49. The second kappa shape index (κ2) is 11.9. The van der Waals surface area contributed by atoms with Gasteiger partial charge in [-0.1, -0.05) is 0 Å². The third-order valence-corrected chi connectivity index (χ3v) is 8.65. The molecular formula is C22H31F3N6O8S2. The lowest BCUT2D eigenvalue weighted by Gasteiger charge is -2.35. The van der Waals surface area contributed by atoms with E-state index in [2.05, 4.69) is 24.6 Å². The fourth-order valence-electron chi connectivity index (χ4n) is 3.51. The Balaban J connectivity index is 2.02. The van der Waals surface area contributed by atoms with Crippen LogP contribution in [0.2, 0.25) is 0 Å². The first kappa shape index (κ1) is 32.2. The Hall–Kier alpha value is -3.29. The van der Waals surface area contributed by atoms with Gasteiger partial charge in [-0.2, -0.15) is 26.3 Å². The number of sulfonamides is 1. The van der Waals surface area contributed by atoms with Crippen molar-refractivity contribution in [3.63, 3.8) is 0 Å². The smallest absolute Gasteiger partial charge is 0.427 e. The normalized spacial score (nSPS) is 16.1. The van der Waals surface area contributed by atoms with E-state index in [1.54, 1.807) is 13.8 Å². The highest BCUT2D eigenvalue weighted by Gasteiger charge is 2.51. The number of alkyl halides is 3. The molecule has 3 N–H and O–H groups in total. The summed E-state index contributed by atoms with van der Waals surface area (Å²) in [5.74, 6) is -0.175. The largest absolute Gasteiger partial charge is 0.485 e. The molecular weight excluding hydrogens is 597 g/mol. The van der Waals surface area contributed by atoms with E-state index in [0.29, 0.717) is 20.4 Å². The Morgan fingerprint density at radius 1 is 1.20 bits per heavy atom. The first-order valence-electron chi connectivity index (χ1n) is 12.2. The molecule has 0 spiro atoms. The number of anilines is 2. The summed E-state index contributed by atoms with van der Waals surface area (Å²) in [5.41, 5.74) is -2.98. The number of nitrogens with one attached hydrogen (secondary N) is 3. The van der Waals surface area contributed by atoms with Crippen LogP contribution in [-0.4, -0.2) is 77.3 Å². The SMILES string of the molecule is CCOc1nn(CC)cc1S(=O)(=O)N1C[C@H](CNS(=O)(=O)NC)Oc2ccc(NC(=O)OC(C)(C)C(F)(F)F)cc21.